The van der Waals surface area contributed by atoms with Crippen LogP contribution in [0.1, 0.15) is 28.0 Å². The third kappa shape index (κ3) is 2.65. The minimum Gasteiger partial charge on any atom is -0.320 e. The van der Waals surface area contributed by atoms with Crippen LogP contribution in [-0.4, -0.2) is 14.5 Å². The summed E-state index contributed by atoms with van der Waals surface area (Å²) in [5, 5.41) is 0.427. The van der Waals surface area contributed by atoms with Crippen LogP contribution in [-0.2, 0) is 6.54 Å². The summed E-state index contributed by atoms with van der Waals surface area (Å²) in [6, 6.07) is 2.10. The van der Waals surface area contributed by atoms with Crippen LogP contribution in [0.25, 0.3) is 11.0 Å². The Kier molecular flexibility index (Phi) is 3.67. The fourth-order valence-corrected chi connectivity index (χ4v) is 3.19. The van der Waals surface area contributed by atoms with Crippen molar-refractivity contribution in [2.45, 2.75) is 25.8 Å². The molecule has 0 amide bonds. The molecule has 7 heteroatoms. The number of hydrogen-bond donors (Lipinski definition) is 0. The van der Waals surface area contributed by atoms with Crippen molar-refractivity contribution < 1.29 is 8.78 Å². The first-order chi connectivity index (χ1) is 9.95. The van der Waals surface area contributed by atoms with Gasteiger partial charge in [0.05, 0.1) is 17.4 Å². The predicted octanol–water partition coefficient (Wildman–Crippen LogP) is 4.43. The number of aryl methyl sites for hydroxylation is 1. The van der Waals surface area contributed by atoms with E-state index < -0.39 is 17.0 Å². The molecule has 21 heavy (non-hydrogen) atoms. The van der Waals surface area contributed by atoms with E-state index in [9.17, 15) is 8.78 Å². The van der Waals surface area contributed by atoms with Crippen LogP contribution >= 0.6 is 22.9 Å². The van der Waals surface area contributed by atoms with Gasteiger partial charge in [-0.3, -0.25) is 0 Å². The number of nitrogens with zero attached hydrogens (tertiary/aromatic N) is 3. The number of fused-ring (bicyclic) bond motifs is 1. The minimum atomic E-state index is -0.683. The maximum Gasteiger partial charge on any atom is 0.153 e. The lowest BCUT2D eigenvalue weighted by atomic mass is 10.3. The van der Waals surface area contributed by atoms with Crippen LogP contribution < -0.4 is 0 Å². The van der Waals surface area contributed by atoms with Gasteiger partial charge in [-0.25, -0.2) is 18.7 Å². The molecule has 0 aliphatic rings. The molecular formula is C14H12ClF2N3S. The Labute approximate surface area is 129 Å². The SMILES string of the molecule is Cc1cnc(Cn2c(C(C)Cl)nc3c(F)cc(F)cc32)s1. The zero-order chi connectivity index (χ0) is 15.1. The van der Waals surface area contributed by atoms with E-state index in [-0.39, 0.29) is 5.52 Å². The van der Waals surface area contributed by atoms with Gasteiger partial charge in [-0.2, -0.15) is 0 Å². The predicted molar refractivity (Wildman–Crippen MR) is 79.9 cm³/mol. The number of hydrogen-bond acceptors (Lipinski definition) is 3. The van der Waals surface area contributed by atoms with Crippen LogP contribution in [0.5, 0.6) is 0 Å². The summed E-state index contributed by atoms with van der Waals surface area (Å²) in [5.74, 6) is -0.813. The van der Waals surface area contributed by atoms with E-state index in [1.54, 1.807) is 17.7 Å². The van der Waals surface area contributed by atoms with Gasteiger partial charge in [-0.05, 0) is 19.9 Å². The molecule has 0 saturated heterocycles. The molecule has 1 unspecified atom stereocenters. The molecule has 2 aromatic heterocycles. The van der Waals surface area contributed by atoms with Gasteiger partial charge in [0.2, 0.25) is 0 Å². The fraction of sp³-hybridized carbons (Fsp3) is 0.286. The molecule has 2 heterocycles. The molecule has 0 aliphatic carbocycles. The first-order valence-corrected chi connectivity index (χ1v) is 7.61. The smallest absolute Gasteiger partial charge is 0.153 e. The molecule has 3 rings (SSSR count). The standard InChI is InChI=1S/C14H12ClF2N3S/c1-7-5-18-12(21-7)6-20-11-4-9(16)3-10(17)13(11)19-14(20)8(2)15/h3-5,8H,6H2,1-2H3. The summed E-state index contributed by atoms with van der Waals surface area (Å²) in [7, 11) is 0. The van der Waals surface area contributed by atoms with Gasteiger partial charge in [0.1, 0.15) is 22.2 Å². The van der Waals surface area contributed by atoms with E-state index in [0.29, 0.717) is 17.9 Å². The fourth-order valence-electron chi connectivity index (χ4n) is 2.25. The molecule has 3 nitrogen and oxygen atoms in total. The monoisotopic (exact) mass is 327 g/mol. The Balaban J connectivity index is 2.20. The van der Waals surface area contributed by atoms with Crippen LogP contribution in [0.3, 0.4) is 0 Å². The van der Waals surface area contributed by atoms with Crippen molar-refractivity contribution in [2.24, 2.45) is 0 Å². The number of halogens is 3. The quantitative estimate of drug-likeness (QED) is 0.666. The van der Waals surface area contributed by atoms with Crippen molar-refractivity contribution in [3.8, 4) is 0 Å². The molecule has 0 saturated carbocycles. The number of benzene rings is 1. The molecule has 0 fully saturated rings. The summed E-state index contributed by atoms with van der Waals surface area (Å²) in [5.41, 5.74) is 0.523. The average molecular weight is 328 g/mol. The van der Waals surface area contributed by atoms with E-state index in [4.69, 9.17) is 11.6 Å². The third-order valence-corrected chi connectivity index (χ3v) is 4.21. The summed E-state index contributed by atoms with van der Waals surface area (Å²) < 4.78 is 29.1. The molecule has 1 aromatic carbocycles. The number of alkyl halides is 1. The van der Waals surface area contributed by atoms with Gasteiger partial charge in [0.25, 0.3) is 0 Å². The zero-order valence-corrected chi connectivity index (χ0v) is 13.0. The molecule has 0 N–H and O–H groups in total. The molecule has 1 atom stereocenters. The lowest BCUT2D eigenvalue weighted by molar-refractivity contribution is 0.590. The highest BCUT2D eigenvalue weighted by atomic mass is 35.5. The van der Waals surface area contributed by atoms with Gasteiger partial charge in [0, 0.05) is 17.1 Å². The Hall–Kier alpha value is -1.53. The zero-order valence-electron chi connectivity index (χ0n) is 11.4. The average Bonchev–Trinajstić information content (AvgIpc) is 2.95. The van der Waals surface area contributed by atoms with E-state index in [0.717, 1.165) is 16.0 Å². The van der Waals surface area contributed by atoms with E-state index in [1.807, 2.05) is 6.92 Å². The van der Waals surface area contributed by atoms with Crippen LogP contribution in [0.15, 0.2) is 18.3 Å². The summed E-state index contributed by atoms with van der Waals surface area (Å²) in [6.07, 6.45) is 1.77. The van der Waals surface area contributed by atoms with Gasteiger partial charge in [-0.15, -0.1) is 22.9 Å². The highest BCUT2D eigenvalue weighted by Crippen LogP contribution is 2.28. The Morgan fingerprint density at radius 3 is 2.76 bits per heavy atom. The van der Waals surface area contributed by atoms with Gasteiger partial charge >= 0.3 is 0 Å². The maximum atomic E-state index is 13.9. The summed E-state index contributed by atoms with van der Waals surface area (Å²) in [6.45, 7) is 4.10. The first kappa shape index (κ1) is 14.4. The number of imidazole rings is 1. The molecule has 0 radical (unpaired) electrons. The van der Waals surface area contributed by atoms with Crippen molar-refractivity contribution in [2.75, 3.05) is 0 Å². The second-order valence-corrected chi connectivity index (χ2v) is 6.77. The first-order valence-electron chi connectivity index (χ1n) is 6.36. The molecule has 3 aromatic rings. The maximum absolute atomic E-state index is 13.9. The van der Waals surface area contributed by atoms with E-state index in [1.165, 1.54) is 17.4 Å². The van der Waals surface area contributed by atoms with Crippen molar-refractivity contribution in [3.63, 3.8) is 0 Å². The van der Waals surface area contributed by atoms with Crippen molar-refractivity contribution in [1.82, 2.24) is 14.5 Å². The van der Waals surface area contributed by atoms with Gasteiger partial charge in [0.15, 0.2) is 5.82 Å². The molecular weight excluding hydrogens is 316 g/mol. The Bertz CT molecular complexity index is 810. The third-order valence-electron chi connectivity index (χ3n) is 3.12. The van der Waals surface area contributed by atoms with Crippen LogP contribution in [0.4, 0.5) is 8.78 Å². The Morgan fingerprint density at radius 1 is 1.38 bits per heavy atom. The van der Waals surface area contributed by atoms with Crippen LogP contribution in [0, 0.1) is 18.6 Å². The number of aromatic nitrogens is 3. The minimum absolute atomic E-state index is 0.132. The normalized spacial score (nSPS) is 13.0. The Morgan fingerprint density at radius 2 is 2.14 bits per heavy atom. The lowest BCUT2D eigenvalue weighted by Gasteiger charge is -2.08. The molecule has 0 spiro atoms. The largest absolute Gasteiger partial charge is 0.320 e. The van der Waals surface area contributed by atoms with E-state index in [2.05, 4.69) is 9.97 Å². The topological polar surface area (TPSA) is 30.7 Å². The number of thiazole rings is 1. The highest BCUT2D eigenvalue weighted by Gasteiger charge is 2.19. The molecule has 0 bridgehead atoms. The number of rotatable bonds is 3. The molecule has 110 valence electrons. The second-order valence-electron chi connectivity index (χ2n) is 4.79. The van der Waals surface area contributed by atoms with Crippen molar-refractivity contribution >= 4 is 34.0 Å². The van der Waals surface area contributed by atoms with Gasteiger partial charge < -0.3 is 4.57 Å². The highest BCUT2D eigenvalue weighted by molar-refractivity contribution is 7.11. The van der Waals surface area contributed by atoms with Crippen molar-refractivity contribution in [3.05, 3.63) is 45.7 Å². The summed E-state index contributed by atoms with van der Waals surface area (Å²) in [4.78, 5) is 9.58. The molecule has 0 aliphatic heterocycles. The van der Waals surface area contributed by atoms with Gasteiger partial charge in [-0.1, -0.05) is 0 Å². The van der Waals surface area contributed by atoms with Crippen LogP contribution in [0.2, 0.25) is 0 Å². The lowest BCUT2D eigenvalue weighted by Crippen LogP contribution is -2.05. The van der Waals surface area contributed by atoms with Crippen molar-refractivity contribution in [1.29, 1.82) is 0 Å². The van der Waals surface area contributed by atoms with E-state index >= 15 is 0 Å². The second kappa shape index (κ2) is 5.35. The summed E-state index contributed by atoms with van der Waals surface area (Å²) >= 11 is 7.66.